The van der Waals surface area contributed by atoms with Crippen LogP contribution in [0, 0.1) is 11.3 Å². The van der Waals surface area contributed by atoms with Crippen molar-refractivity contribution in [1.29, 1.82) is 5.26 Å². The monoisotopic (exact) mass is 490 g/mol. The molecule has 1 saturated heterocycles. The SMILES string of the molecule is N#Cc1ccccc1COc1ccc(/C=C2\SC(=O)N(CCOc3ccccc3)C2=O)cc1Cl. The zero-order valence-corrected chi connectivity index (χ0v) is 19.5. The summed E-state index contributed by atoms with van der Waals surface area (Å²) in [7, 11) is 0. The van der Waals surface area contributed by atoms with E-state index in [0.29, 0.717) is 32.6 Å². The van der Waals surface area contributed by atoms with E-state index in [1.54, 1.807) is 36.4 Å². The van der Waals surface area contributed by atoms with E-state index in [1.807, 2.05) is 42.5 Å². The molecule has 1 fully saturated rings. The minimum Gasteiger partial charge on any atom is -0.492 e. The fourth-order valence-electron chi connectivity index (χ4n) is 3.25. The molecule has 4 rings (SSSR count). The maximum Gasteiger partial charge on any atom is 0.293 e. The zero-order chi connectivity index (χ0) is 23.9. The van der Waals surface area contributed by atoms with Gasteiger partial charge in [0, 0.05) is 5.56 Å². The fraction of sp³-hybridized carbons (Fsp3) is 0.115. The molecular formula is C26H19ClN2O4S. The third kappa shape index (κ3) is 5.60. The second kappa shape index (κ2) is 10.9. The Morgan fingerprint density at radius 2 is 1.76 bits per heavy atom. The van der Waals surface area contributed by atoms with E-state index >= 15 is 0 Å². The maximum atomic E-state index is 12.7. The van der Waals surface area contributed by atoms with E-state index in [2.05, 4.69) is 6.07 Å². The first-order valence-corrected chi connectivity index (χ1v) is 11.6. The van der Waals surface area contributed by atoms with Gasteiger partial charge in [0.2, 0.25) is 0 Å². The van der Waals surface area contributed by atoms with E-state index < -0.39 is 0 Å². The molecule has 3 aromatic carbocycles. The number of hydrogen-bond donors (Lipinski definition) is 0. The van der Waals surface area contributed by atoms with Gasteiger partial charge in [-0.05, 0) is 53.7 Å². The lowest BCUT2D eigenvalue weighted by atomic mass is 10.1. The second-order valence-electron chi connectivity index (χ2n) is 7.24. The Morgan fingerprint density at radius 3 is 2.53 bits per heavy atom. The van der Waals surface area contributed by atoms with Gasteiger partial charge in [-0.3, -0.25) is 14.5 Å². The van der Waals surface area contributed by atoms with Crippen molar-refractivity contribution in [2.75, 3.05) is 13.2 Å². The lowest BCUT2D eigenvalue weighted by molar-refractivity contribution is -0.123. The van der Waals surface area contributed by atoms with Crippen LogP contribution in [0.2, 0.25) is 5.02 Å². The summed E-state index contributed by atoms with van der Waals surface area (Å²) in [6, 6.07) is 23.6. The molecule has 0 atom stereocenters. The van der Waals surface area contributed by atoms with Crippen LogP contribution in [0.15, 0.2) is 77.7 Å². The molecule has 1 aliphatic heterocycles. The normalized spacial score (nSPS) is 14.4. The van der Waals surface area contributed by atoms with Crippen molar-refractivity contribution in [3.8, 4) is 17.6 Å². The van der Waals surface area contributed by atoms with Crippen LogP contribution in [0.3, 0.4) is 0 Å². The van der Waals surface area contributed by atoms with Crippen molar-refractivity contribution < 1.29 is 19.1 Å². The number of carbonyl (C=O) groups is 2. The number of nitriles is 1. The fourth-order valence-corrected chi connectivity index (χ4v) is 4.36. The topological polar surface area (TPSA) is 79.6 Å². The summed E-state index contributed by atoms with van der Waals surface area (Å²) in [4.78, 5) is 26.5. The third-order valence-electron chi connectivity index (χ3n) is 4.98. The summed E-state index contributed by atoms with van der Waals surface area (Å²) < 4.78 is 11.4. The molecule has 0 aliphatic carbocycles. The smallest absolute Gasteiger partial charge is 0.293 e. The van der Waals surface area contributed by atoms with Crippen LogP contribution < -0.4 is 9.47 Å². The van der Waals surface area contributed by atoms with Gasteiger partial charge in [0.15, 0.2) is 0 Å². The molecule has 0 aromatic heterocycles. The number of amides is 2. The Hall–Kier alpha value is -3.73. The zero-order valence-electron chi connectivity index (χ0n) is 17.9. The number of para-hydroxylation sites is 1. The molecule has 8 heteroatoms. The molecule has 0 spiro atoms. The molecular weight excluding hydrogens is 472 g/mol. The number of ether oxygens (including phenoxy) is 2. The molecule has 6 nitrogen and oxygen atoms in total. The Labute approximate surface area is 206 Å². The van der Waals surface area contributed by atoms with Gasteiger partial charge in [0.25, 0.3) is 11.1 Å². The van der Waals surface area contributed by atoms with Gasteiger partial charge in [-0.15, -0.1) is 0 Å². The average molecular weight is 491 g/mol. The molecule has 170 valence electrons. The largest absolute Gasteiger partial charge is 0.492 e. The van der Waals surface area contributed by atoms with Gasteiger partial charge in [-0.1, -0.05) is 54.1 Å². The summed E-state index contributed by atoms with van der Waals surface area (Å²) >= 11 is 7.25. The van der Waals surface area contributed by atoms with Crippen LogP contribution in [0.5, 0.6) is 11.5 Å². The van der Waals surface area contributed by atoms with Crippen LogP contribution in [-0.2, 0) is 11.4 Å². The van der Waals surface area contributed by atoms with Crippen LogP contribution in [0.4, 0.5) is 4.79 Å². The van der Waals surface area contributed by atoms with Crippen LogP contribution in [-0.4, -0.2) is 29.2 Å². The Morgan fingerprint density at radius 1 is 1.00 bits per heavy atom. The summed E-state index contributed by atoms with van der Waals surface area (Å²) in [5, 5.41) is 9.22. The Balaban J connectivity index is 1.38. The van der Waals surface area contributed by atoms with Gasteiger partial charge in [-0.25, -0.2) is 0 Å². The molecule has 0 N–H and O–H groups in total. The number of rotatable bonds is 8. The quantitative estimate of drug-likeness (QED) is 0.365. The van der Waals surface area contributed by atoms with E-state index in [-0.39, 0.29) is 30.9 Å². The van der Waals surface area contributed by atoms with E-state index in [0.717, 1.165) is 17.3 Å². The highest BCUT2D eigenvalue weighted by Gasteiger charge is 2.34. The number of halogens is 1. The van der Waals surface area contributed by atoms with Crippen molar-refractivity contribution in [2.24, 2.45) is 0 Å². The van der Waals surface area contributed by atoms with Crippen molar-refractivity contribution >= 4 is 40.6 Å². The summed E-state index contributed by atoms with van der Waals surface area (Å²) in [6.45, 7) is 0.573. The van der Waals surface area contributed by atoms with Crippen LogP contribution in [0.1, 0.15) is 16.7 Å². The van der Waals surface area contributed by atoms with E-state index in [4.69, 9.17) is 21.1 Å². The average Bonchev–Trinajstić information content (AvgIpc) is 3.11. The summed E-state index contributed by atoms with van der Waals surface area (Å²) in [5.41, 5.74) is 1.97. The number of thioether (sulfide) groups is 1. The van der Waals surface area contributed by atoms with Crippen molar-refractivity contribution in [1.82, 2.24) is 4.90 Å². The van der Waals surface area contributed by atoms with Crippen LogP contribution >= 0.6 is 23.4 Å². The third-order valence-corrected chi connectivity index (χ3v) is 6.18. The highest BCUT2D eigenvalue weighted by molar-refractivity contribution is 8.18. The van der Waals surface area contributed by atoms with Gasteiger partial charge in [0.05, 0.1) is 28.1 Å². The molecule has 0 bridgehead atoms. The first kappa shape index (κ1) is 23.4. The van der Waals surface area contributed by atoms with Crippen molar-refractivity contribution in [3.05, 3.63) is 99.4 Å². The molecule has 0 unspecified atom stereocenters. The van der Waals surface area contributed by atoms with Gasteiger partial charge >= 0.3 is 0 Å². The lowest BCUT2D eigenvalue weighted by Crippen LogP contribution is -2.32. The molecule has 3 aromatic rings. The second-order valence-corrected chi connectivity index (χ2v) is 8.64. The van der Waals surface area contributed by atoms with Crippen molar-refractivity contribution in [3.63, 3.8) is 0 Å². The Kier molecular flexibility index (Phi) is 7.53. The van der Waals surface area contributed by atoms with E-state index in [1.165, 1.54) is 4.90 Å². The minimum atomic E-state index is -0.365. The Bertz CT molecular complexity index is 1290. The van der Waals surface area contributed by atoms with Gasteiger partial charge in [0.1, 0.15) is 24.7 Å². The highest BCUT2D eigenvalue weighted by Crippen LogP contribution is 2.34. The molecule has 2 amide bonds. The first-order chi connectivity index (χ1) is 16.5. The molecule has 34 heavy (non-hydrogen) atoms. The number of nitrogens with zero attached hydrogens (tertiary/aromatic N) is 2. The first-order valence-electron chi connectivity index (χ1n) is 10.4. The highest BCUT2D eigenvalue weighted by atomic mass is 35.5. The van der Waals surface area contributed by atoms with Crippen LogP contribution in [0.25, 0.3) is 6.08 Å². The van der Waals surface area contributed by atoms with E-state index in [9.17, 15) is 14.9 Å². The summed E-state index contributed by atoms with van der Waals surface area (Å²) in [6.07, 6.45) is 1.63. The molecule has 1 heterocycles. The number of hydrogen-bond acceptors (Lipinski definition) is 6. The predicted octanol–water partition coefficient (Wildman–Crippen LogP) is 5.91. The lowest BCUT2D eigenvalue weighted by Gasteiger charge is -2.13. The molecule has 0 radical (unpaired) electrons. The number of imide groups is 1. The predicted molar refractivity (Wildman–Crippen MR) is 132 cm³/mol. The van der Waals surface area contributed by atoms with Gasteiger partial charge in [-0.2, -0.15) is 5.26 Å². The number of carbonyl (C=O) groups excluding carboxylic acids is 2. The minimum absolute atomic E-state index is 0.161. The molecule has 1 aliphatic rings. The standard InChI is InChI=1S/C26H19ClN2O4S/c27-22-14-18(10-11-23(22)33-17-20-7-5-4-6-19(20)16-28)15-24-25(30)29(26(31)34-24)12-13-32-21-8-2-1-3-9-21/h1-11,14-15H,12-13,17H2/b24-15-. The number of benzene rings is 3. The molecule has 0 saturated carbocycles. The summed E-state index contributed by atoms with van der Waals surface area (Å²) in [5.74, 6) is 0.770. The van der Waals surface area contributed by atoms with Crippen molar-refractivity contribution in [2.45, 2.75) is 6.61 Å². The maximum absolute atomic E-state index is 12.7. The van der Waals surface area contributed by atoms with Gasteiger partial charge < -0.3 is 9.47 Å².